The molecule has 1 N–H and O–H groups in total. The van der Waals surface area contributed by atoms with Crippen LogP contribution in [0.4, 0.5) is 4.39 Å². The minimum atomic E-state index is -1.38. The van der Waals surface area contributed by atoms with E-state index in [0.717, 1.165) is 25.7 Å². The predicted molar refractivity (Wildman–Crippen MR) is 102 cm³/mol. The third-order valence-corrected chi connectivity index (χ3v) is 6.98. The Morgan fingerprint density at radius 1 is 1.43 bits per heavy atom. The first-order valence-corrected chi connectivity index (χ1v) is 10.7. The first-order valence-electron chi connectivity index (χ1n) is 9.80. The quantitative estimate of drug-likeness (QED) is 0.811. The summed E-state index contributed by atoms with van der Waals surface area (Å²) in [6.45, 7) is 1.80. The zero-order valence-electron chi connectivity index (χ0n) is 15.9. The maximum atomic E-state index is 14.3. The number of nitrogens with zero attached hydrogens (tertiary/aromatic N) is 1. The minimum absolute atomic E-state index is 0.0489. The van der Waals surface area contributed by atoms with Gasteiger partial charge in [0, 0.05) is 5.38 Å². The molecule has 0 aromatic carbocycles. The van der Waals surface area contributed by atoms with Crippen LogP contribution in [0.2, 0.25) is 0 Å². The summed E-state index contributed by atoms with van der Waals surface area (Å²) in [5, 5.41) is 6.39. The highest BCUT2D eigenvalue weighted by Crippen LogP contribution is 2.42. The molecular weight excluding hydrogens is 383 g/mol. The number of alkyl halides is 1. The van der Waals surface area contributed by atoms with Crippen LogP contribution in [0.5, 0.6) is 0 Å². The number of fused-ring (bicyclic) bond motifs is 1. The number of ketones is 1. The number of nitrogens with one attached hydrogen (secondary N) is 1. The standard InChI is InChI=1S/C20H25FN2O4S/c1-20(5-2-3-6-20)8-14(22-18(25)12-4-7-28-11-12)19(26)23-9-13(21)17-16(23)15(24)10-27-17/h4,7,11,13-14,16-17H,2-3,5-6,8-10H2,1H3,(H,22,25)/t13-,14+,16-,17-/m1/s1. The van der Waals surface area contributed by atoms with E-state index in [-0.39, 0.29) is 36.2 Å². The van der Waals surface area contributed by atoms with Crippen molar-refractivity contribution in [1.29, 1.82) is 0 Å². The van der Waals surface area contributed by atoms with E-state index in [1.807, 2.05) is 0 Å². The predicted octanol–water partition coefficient (Wildman–Crippen LogP) is 2.33. The van der Waals surface area contributed by atoms with E-state index in [4.69, 9.17) is 4.74 Å². The SMILES string of the molecule is CC1(C[C@H](NC(=O)c2ccsc2)C(=O)N2C[C@@H](F)[C@H]3OCC(=O)[C@H]32)CCCC1. The highest BCUT2D eigenvalue weighted by Gasteiger charge is 2.54. The molecule has 152 valence electrons. The molecule has 4 atom stereocenters. The molecule has 2 saturated heterocycles. The van der Waals surface area contributed by atoms with E-state index in [1.165, 1.54) is 16.2 Å². The van der Waals surface area contributed by atoms with E-state index in [0.29, 0.717) is 12.0 Å². The normalized spacial score (nSPS) is 29.7. The van der Waals surface area contributed by atoms with Gasteiger partial charge in [0.15, 0.2) is 5.78 Å². The topological polar surface area (TPSA) is 75.7 Å². The van der Waals surface area contributed by atoms with Gasteiger partial charge in [-0.05, 0) is 36.1 Å². The summed E-state index contributed by atoms with van der Waals surface area (Å²) in [7, 11) is 0. The average molecular weight is 408 g/mol. The van der Waals surface area contributed by atoms with Gasteiger partial charge in [-0.15, -0.1) is 0 Å². The van der Waals surface area contributed by atoms with Crippen LogP contribution >= 0.6 is 11.3 Å². The summed E-state index contributed by atoms with van der Waals surface area (Å²) in [5.41, 5.74) is 0.453. The van der Waals surface area contributed by atoms with Crippen molar-refractivity contribution in [3.05, 3.63) is 22.4 Å². The summed E-state index contributed by atoms with van der Waals surface area (Å²) >= 11 is 1.41. The Bertz CT molecular complexity index is 762. The van der Waals surface area contributed by atoms with Crippen LogP contribution in [-0.2, 0) is 14.3 Å². The molecule has 0 radical (unpaired) electrons. The van der Waals surface area contributed by atoms with Gasteiger partial charge in [0.2, 0.25) is 5.91 Å². The average Bonchev–Trinajstić information content (AvgIpc) is 3.42. The zero-order valence-corrected chi connectivity index (χ0v) is 16.7. The van der Waals surface area contributed by atoms with Crippen LogP contribution < -0.4 is 5.32 Å². The van der Waals surface area contributed by atoms with E-state index < -0.39 is 24.4 Å². The molecule has 2 amide bonds. The summed E-state index contributed by atoms with van der Waals surface area (Å²) < 4.78 is 19.6. The number of halogens is 1. The van der Waals surface area contributed by atoms with Crippen molar-refractivity contribution in [3.63, 3.8) is 0 Å². The summed E-state index contributed by atoms with van der Waals surface area (Å²) in [4.78, 5) is 39.5. The monoisotopic (exact) mass is 408 g/mol. The number of Topliss-reactive ketones (excluding diaryl/α,β-unsaturated/α-hetero) is 1. The second-order valence-electron chi connectivity index (χ2n) is 8.45. The Kier molecular flexibility index (Phi) is 5.26. The number of thiophene rings is 1. The van der Waals surface area contributed by atoms with Crippen molar-refractivity contribution in [3.8, 4) is 0 Å². The fraction of sp³-hybridized carbons (Fsp3) is 0.650. The molecule has 3 fully saturated rings. The molecule has 1 aromatic heterocycles. The highest BCUT2D eigenvalue weighted by molar-refractivity contribution is 7.08. The van der Waals surface area contributed by atoms with Crippen molar-refractivity contribution in [2.45, 2.75) is 63.4 Å². The Morgan fingerprint density at radius 2 is 2.18 bits per heavy atom. The molecule has 8 heteroatoms. The van der Waals surface area contributed by atoms with Gasteiger partial charge >= 0.3 is 0 Å². The molecule has 4 rings (SSSR count). The lowest BCUT2D eigenvalue weighted by Crippen LogP contribution is -2.53. The first-order chi connectivity index (χ1) is 13.4. The van der Waals surface area contributed by atoms with Crippen LogP contribution in [0, 0.1) is 5.41 Å². The van der Waals surface area contributed by atoms with E-state index in [9.17, 15) is 18.8 Å². The number of likely N-dealkylation sites (tertiary alicyclic amines) is 1. The van der Waals surface area contributed by atoms with E-state index in [2.05, 4.69) is 12.2 Å². The molecule has 0 spiro atoms. The number of hydrogen-bond donors (Lipinski definition) is 1. The second-order valence-corrected chi connectivity index (χ2v) is 9.23. The van der Waals surface area contributed by atoms with E-state index >= 15 is 0 Å². The van der Waals surface area contributed by atoms with Gasteiger partial charge in [0.1, 0.15) is 31.0 Å². The van der Waals surface area contributed by atoms with Crippen LogP contribution in [0.15, 0.2) is 16.8 Å². The molecule has 0 unspecified atom stereocenters. The molecule has 1 aromatic rings. The first kappa shape index (κ1) is 19.5. The molecular formula is C20H25FN2O4S. The lowest BCUT2D eigenvalue weighted by molar-refractivity contribution is -0.138. The van der Waals surface area contributed by atoms with Crippen molar-refractivity contribution in [1.82, 2.24) is 10.2 Å². The number of carbonyl (C=O) groups excluding carboxylic acids is 3. The Morgan fingerprint density at radius 3 is 2.86 bits per heavy atom. The molecule has 1 saturated carbocycles. The minimum Gasteiger partial charge on any atom is -0.365 e. The smallest absolute Gasteiger partial charge is 0.252 e. The molecule has 1 aliphatic carbocycles. The number of ether oxygens (including phenoxy) is 1. The molecule has 3 heterocycles. The van der Waals surface area contributed by atoms with Gasteiger partial charge in [0.05, 0.1) is 12.1 Å². The van der Waals surface area contributed by atoms with Crippen LogP contribution in [-0.4, -0.2) is 60.0 Å². The fourth-order valence-electron chi connectivity index (χ4n) is 4.78. The lowest BCUT2D eigenvalue weighted by Gasteiger charge is -2.32. The van der Waals surface area contributed by atoms with Gasteiger partial charge < -0.3 is 15.0 Å². The Balaban J connectivity index is 1.56. The number of carbonyl (C=O) groups is 3. The molecule has 6 nitrogen and oxygen atoms in total. The molecule has 3 aliphatic rings. The van der Waals surface area contributed by atoms with Crippen LogP contribution in [0.25, 0.3) is 0 Å². The second kappa shape index (κ2) is 7.55. The van der Waals surface area contributed by atoms with Crippen LogP contribution in [0.1, 0.15) is 49.4 Å². The zero-order chi connectivity index (χ0) is 19.9. The van der Waals surface area contributed by atoms with Gasteiger partial charge in [-0.3, -0.25) is 14.4 Å². The highest BCUT2D eigenvalue weighted by atomic mass is 32.1. The van der Waals surface area contributed by atoms with Crippen molar-refractivity contribution in [2.75, 3.05) is 13.2 Å². The lowest BCUT2D eigenvalue weighted by atomic mass is 9.81. The largest absolute Gasteiger partial charge is 0.365 e. The summed E-state index contributed by atoms with van der Waals surface area (Å²) in [6, 6.07) is 0.0469. The number of amides is 2. The van der Waals surface area contributed by atoms with Gasteiger partial charge in [0.25, 0.3) is 5.91 Å². The summed E-state index contributed by atoms with van der Waals surface area (Å²) in [5.74, 6) is -0.970. The maximum absolute atomic E-state index is 14.3. The number of hydrogen-bond acceptors (Lipinski definition) is 5. The molecule has 0 bridgehead atoms. The maximum Gasteiger partial charge on any atom is 0.252 e. The van der Waals surface area contributed by atoms with Crippen molar-refractivity contribution in [2.24, 2.45) is 5.41 Å². The van der Waals surface area contributed by atoms with Crippen molar-refractivity contribution >= 4 is 28.9 Å². The van der Waals surface area contributed by atoms with Crippen LogP contribution in [0.3, 0.4) is 0 Å². The molecule has 28 heavy (non-hydrogen) atoms. The third kappa shape index (κ3) is 3.59. The van der Waals surface area contributed by atoms with E-state index in [1.54, 1.807) is 16.8 Å². The Hall–Kier alpha value is -1.80. The van der Waals surface area contributed by atoms with Gasteiger partial charge in [-0.25, -0.2) is 4.39 Å². The van der Waals surface area contributed by atoms with Crippen molar-refractivity contribution < 1.29 is 23.5 Å². The van der Waals surface area contributed by atoms with Gasteiger partial charge in [-0.2, -0.15) is 11.3 Å². The number of rotatable bonds is 5. The molecule has 2 aliphatic heterocycles. The Labute approximate surface area is 167 Å². The third-order valence-electron chi connectivity index (χ3n) is 6.30. The fourth-order valence-corrected chi connectivity index (χ4v) is 5.42. The van der Waals surface area contributed by atoms with Gasteiger partial charge in [-0.1, -0.05) is 19.8 Å². The summed E-state index contributed by atoms with van der Waals surface area (Å²) in [6.07, 6.45) is 2.41.